The summed E-state index contributed by atoms with van der Waals surface area (Å²) in [7, 11) is 1.71. The van der Waals surface area contributed by atoms with E-state index in [9.17, 15) is 14.4 Å². The fraction of sp³-hybridized carbons (Fsp3) is 0.286. The van der Waals surface area contributed by atoms with Gasteiger partial charge in [-0.05, 0) is 55.3 Å². The molecule has 3 aromatic heterocycles. The molecule has 4 aromatic rings. The van der Waals surface area contributed by atoms with E-state index in [0.717, 1.165) is 22.5 Å². The van der Waals surface area contributed by atoms with E-state index >= 15 is 0 Å². The van der Waals surface area contributed by atoms with Crippen LogP contribution in [-0.4, -0.2) is 45.1 Å². The van der Waals surface area contributed by atoms with Crippen molar-refractivity contribution in [1.82, 2.24) is 19.4 Å². The summed E-state index contributed by atoms with van der Waals surface area (Å²) in [4.78, 5) is 26.5. The van der Waals surface area contributed by atoms with Crippen LogP contribution in [0.4, 0.5) is 10.1 Å². The van der Waals surface area contributed by atoms with Crippen LogP contribution in [0, 0.1) is 24.1 Å². The van der Waals surface area contributed by atoms with E-state index in [1.165, 1.54) is 12.1 Å². The van der Waals surface area contributed by atoms with Gasteiger partial charge in [0.1, 0.15) is 23.1 Å². The van der Waals surface area contributed by atoms with Crippen LogP contribution in [0.15, 0.2) is 65.6 Å². The molecule has 1 aliphatic rings. The molecule has 1 fully saturated rings. The van der Waals surface area contributed by atoms with Crippen LogP contribution in [0.2, 0.25) is 0 Å². The molecule has 0 aliphatic carbocycles. The van der Waals surface area contributed by atoms with E-state index in [1.807, 2.05) is 37.4 Å². The third-order valence-corrected chi connectivity index (χ3v) is 6.92. The van der Waals surface area contributed by atoms with Gasteiger partial charge < -0.3 is 9.47 Å². The number of anilines is 1. The molecule has 0 radical (unpaired) electrons. The number of hydrogen-bond acceptors (Lipinski definition) is 6. The summed E-state index contributed by atoms with van der Waals surface area (Å²) in [5.74, 6) is -0.269. The molecule has 36 heavy (non-hydrogen) atoms. The van der Waals surface area contributed by atoms with Crippen LogP contribution in [0.25, 0.3) is 11.0 Å². The molecular weight excluding hydrogens is 455 g/mol. The zero-order chi connectivity index (χ0) is 25.4. The lowest BCUT2D eigenvalue weighted by Crippen LogP contribution is -2.53. The van der Waals surface area contributed by atoms with Crippen LogP contribution in [0.3, 0.4) is 0 Å². The predicted molar refractivity (Wildman–Crippen MR) is 137 cm³/mol. The molecule has 5 rings (SSSR count). The number of halogens is 1. The highest BCUT2D eigenvalue weighted by Crippen LogP contribution is 2.33. The normalized spacial score (nSPS) is 17.2. The van der Waals surface area contributed by atoms with Crippen molar-refractivity contribution in [3.63, 3.8) is 0 Å². The zero-order valence-electron chi connectivity index (χ0n) is 20.5. The second kappa shape index (κ2) is 9.51. The van der Waals surface area contributed by atoms with Crippen molar-refractivity contribution < 1.29 is 4.39 Å². The molecule has 4 heterocycles. The summed E-state index contributed by atoms with van der Waals surface area (Å²) in [6, 6.07) is 17.7. The lowest BCUT2D eigenvalue weighted by Gasteiger charge is -2.44. The molecule has 1 aromatic carbocycles. The fourth-order valence-corrected chi connectivity index (χ4v) is 5.03. The Balaban J connectivity index is 1.51. The van der Waals surface area contributed by atoms with E-state index in [1.54, 1.807) is 29.8 Å². The van der Waals surface area contributed by atoms with Gasteiger partial charge in [0.25, 0.3) is 5.56 Å². The van der Waals surface area contributed by atoms with Gasteiger partial charge in [-0.3, -0.25) is 14.7 Å². The van der Waals surface area contributed by atoms with Crippen molar-refractivity contribution in [2.75, 3.05) is 24.5 Å². The molecule has 8 heteroatoms. The largest absolute Gasteiger partial charge is 0.364 e. The van der Waals surface area contributed by atoms with E-state index < -0.39 is 0 Å². The summed E-state index contributed by atoms with van der Waals surface area (Å²) in [6.07, 6.45) is 1.86. The smallest absolute Gasteiger partial charge is 0.252 e. The van der Waals surface area contributed by atoms with Gasteiger partial charge in [0.15, 0.2) is 0 Å². The Morgan fingerprint density at radius 2 is 1.89 bits per heavy atom. The van der Waals surface area contributed by atoms with Crippen molar-refractivity contribution in [3.05, 3.63) is 99.5 Å². The lowest BCUT2D eigenvalue weighted by molar-refractivity contribution is 0.185. The van der Waals surface area contributed by atoms with Gasteiger partial charge in [-0.2, -0.15) is 5.26 Å². The molecule has 0 spiro atoms. The Hall–Kier alpha value is -4.09. The van der Waals surface area contributed by atoms with Crippen LogP contribution < -0.4 is 10.5 Å². The molecule has 1 saturated heterocycles. The van der Waals surface area contributed by atoms with Crippen molar-refractivity contribution in [2.45, 2.75) is 25.9 Å². The number of nitriles is 1. The summed E-state index contributed by atoms with van der Waals surface area (Å²) in [5.41, 5.74) is 5.24. The maximum atomic E-state index is 13.7. The average molecular weight is 483 g/mol. The predicted octanol–water partition coefficient (Wildman–Crippen LogP) is 3.95. The van der Waals surface area contributed by atoms with Gasteiger partial charge in [-0.15, -0.1) is 0 Å². The maximum Gasteiger partial charge on any atom is 0.252 e. The average Bonchev–Trinajstić information content (AvgIpc) is 2.88. The molecule has 7 nitrogen and oxygen atoms in total. The van der Waals surface area contributed by atoms with Gasteiger partial charge in [0, 0.05) is 45.0 Å². The van der Waals surface area contributed by atoms with Crippen molar-refractivity contribution >= 4 is 16.7 Å². The second-order valence-electron chi connectivity index (χ2n) is 9.35. The van der Waals surface area contributed by atoms with E-state index in [-0.39, 0.29) is 23.5 Å². The van der Waals surface area contributed by atoms with Crippen molar-refractivity contribution in [1.29, 1.82) is 5.26 Å². The molecule has 182 valence electrons. The van der Waals surface area contributed by atoms with Crippen molar-refractivity contribution in [2.24, 2.45) is 7.05 Å². The van der Waals surface area contributed by atoms with Crippen LogP contribution in [0.1, 0.15) is 35.5 Å². The molecular formula is C28H27FN6O. The Morgan fingerprint density at radius 1 is 1.11 bits per heavy atom. The molecule has 2 atom stereocenters. The van der Waals surface area contributed by atoms with Crippen LogP contribution in [-0.2, 0) is 7.05 Å². The minimum Gasteiger partial charge on any atom is -0.364 e. The minimum atomic E-state index is -0.269. The van der Waals surface area contributed by atoms with Gasteiger partial charge in [0.05, 0.1) is 22.9 Å². The Kier molecular flexibility index (Phi) is 6.25. The first-order chi connectivity index (χ1) is 17.4. The molecule has 0 amide bonds. The first-order valence-electron chi connectivity index (χ1n) is 12.0. The van der Waals surface area contributed by atoms with Gasteiger partial charge in [-0.1, -0.05) is 18.2 Å². The second-order valence-corrected chi connectivity index (χ2v) is 9.35. The summed E-state index contributed by atoms with van der Waals surface area (Å²) < 4.78 is 15.3. The molecule has 0 saturated carbocycles. The number of hydrogen-bond donors (Lipinski definition) is 0. The lowest BCUT2D eigenvalue weighted by atomic mass is 9.98. The van der Waals surface area contributed by atoms with Gasteiger partial charge in [-0.25, -0.2) is 9.37 Å². The summed E-state index contributed by atoms with van der Waals surface area (Å²) >= 11 is 0. The monoisotopic (exact) mass is 482 g/mol. The van der Waals surface area contributed by atoms with Gasteiger partial charge >= 0.3 is 0 Å². The third kappa shape index (κ3) is 4.34. The van der Waals surface area contributed by atoms with E-state index in [4.69, 9.17) is 4.98 Å². The number of rotatable bonds is 4. The molecule has 0 N–H and O–H groups in total. The SMILES string of the molecule is Cc1ccc(C(c2ccc(F)cc2)N2CCN(c3cc(=O)n(C)c4ccc(C#N)nc34)[C@@H](C)C2)nc1. The number of aryl methyl sites for hydroxylation is 2. The van der Waals surface area contributed by atoms with Gasteiger partial charge in [0.2, 0.25) is 0 Å². The molecule has 1 aliphatic heterocycles. The van der Waals surface area contributed by atoms with Crippen LogP contribution >= 0.6 is 0 Å². The topological polar surface area (TPSA) is 78.0 Å². The summed E-state index contributed by atoms with van der Waals surface area (Å²) in [5, 5.41) is 9.39. The highest BCUT2D eigenvalue weighted by molar-refractivity contribution is 5.89. The third-order valence-electron chi connectivity index (χ3n) is 6.92. The highest BCUT2D eigenvalue weighted by Gasteiger charge is 2.32. The van der Waals surface area contributed by atoms with Crippen LogP contribution in [0.5, 0.6) is 0 Å². The number of nitrogens with zero attached hydrogens (tertiary/aromatic N) is 6. The van der Waals surface area contributed by atoms with E-state index in [0.29, 0.717) is 36.4 Å². The standard InChI is InChI=1S/C28H27FN6O/c1-18-4-10-23(31-16-18)28(20-5-7-21(29)8-6-20)34-12-13-35(19(2)17-34)25-14-26(36)33(3)24-11-9-22(15-30)32-27(24)25/h4-11,14,16,19,28H,12-13,17H2,1-3H3/t19-,28?/m0/s1. The highest BCUT2D eigenvalue weighted by atomic mass is 19.1. The van der Waals surface area contributed by atoms with Crippen molar-refractivity contribution in [3.8, 4) is 6.07 Å². The zero-order valence-corrected chi connectivity index (χ0v) is 20.5. The summed E-state index contributed by atoms with van der Waals surface area (Å²) in [6.45, 7) is 6.19. The number of piperazine rings is 1. The number of aromatic nitrogens is 3. The number of fused-ring (bicyclic) bond motifs is 1. The molecule has 1 unspecified atom stereocenters. The Bertz CT molecular complexity index is 1460. The molecule has 0 bridgehead atoms. The Morgan fingerprint density at radius 3 is 2.56 bits per heavy atom. The quantitative estimate of drug-likeness (QED) is 0.438. The fourth-order valence-electron chi connectivity index (χ4n) is 5.03. The number of pyridine rings is 3. The first kappa shape index (κ1) is 23.6. The minimum absolute atomic E-state index is 0.0509. The Labute approximate surface area is 209 Å². The number of benzene rings is 1. The first-order valence-corrected chi connectivity index (χ1v) is 12.0. The van der Waals surface area contributed by atoms with E-state index in [2.05, 4.69) is 27.8 Å². The maximum absolute atomic E-state index is 13.7.